The molecule has 0 saturated heterocycles. The van der Waals surface area contributed by atoms with Gasteiger partial charge in [0, 0.05) is 18.7 Å². The van der Waals surface area contributed by atoms with Crippen LogP contribution in [0.4, 0.5) is 18.9 Å². The minimum atomic E-state index is -4.53. The van der Waals surface area contributed by atoms with E-state index in [0.717, 1.165) is 12.1 Å². The molecule has 0 aliphatic heterocycles. The molecule has 0 aromatic heterocycles. The molecule has 0 atom stereocenters. The molecule has 0 spiro atoms. The van der Waals surface area contributed by atoms with Gasteiger partial charge < -0.3 is 5.32 Å². The smallest absolute Gasteiger partial charge is 0.384 e. The molecular formula is C12H9F3N2. The van der Waals surface area contributed by atoms with Gasteiger partial charge in [-0.25, -0.2) is 0 Å². The first-order chi connectivity index (χ1) is 7.99. The Hall–Kier alpha value is -2.14. The van der Waals surface area contributed by atoms with E-state index < -0.39 is 11.7 Å². The molecule has 1 aromatic carbocycles. The number of terminal acetylenes is 1. The maximum atomic E-state index is 12.6. The van der Waals surface area contributed by atoms with Crippen LogP contribution >= 0.6 is 0 Å². The lowest BCUT2D eigenvalue weighted by Crippen LogP contribution is -2.09. The van der Waals surface area contributed by atoms with Crippen molar-refractivity contribution in [3.63, 3.8) is 0 Å². The van der Waals surface area contributed by atoms with Crippen molar-refractivity contribution >= 4 is 5.69 Å². The van der Waals surface area contributed by atoms with Gasteiger partial charge in [0.25, 0.3) is 0 Å². The summed E-state index contributed by atoms with van der Waals surface area (Å²) >= 11 is 0. The van der Waals surface area contributed by atoms with Crippen LogP contribution in [0.1, 0.15) is 17.5 Å². The summed E-state index contributed by atoms with van der Waals surface area (Å²) in [4.78, 5) is 0. The monoisotopic (exact) mass is 238 g/mol. The highest BCUT2D eigenvalue weighted by atomic mass is 19.4. The average Bonchev–Trinajstić information content (AvgIpc) is 2.28. The van der Waals surface area contributed by atoms with E-state index in [1.807, 2.05) is 0 Å². The van der Waals surface area contributed by atoms with Gasteiger partial charge >= 0.3 is 6.18 Å². The predicted octanol–water partition coefficient (Wildman–Crippen LogP) is 3.01. The quantitative estimate of drug-likeness (QED) is 0.649. The van der Waals surface area contributed by atoms with E-state index in [1.165, 1.54) is 12.1 Å². The van der Waals surface area contributed by atoms with Crippen LogP contribution in [0.15, 0.2) is 18.2 Å². The number of rotatable bonds is 3. The van der Waals surface area contributed by atoms with Crippen molar-refractivity contribution in [1.82, 2.24) is 0 Å². The van der Waals surface area contributed by atoms with E-state index >= 15 is 0 Å². The second-order valence-corrected chi connectivity index (χ2v) is 3.25. The number of benzene rings is 1. The molecule has 1 N–H and O–H groups in total. The molecular weight excluding hydrogens is 229 g/mol. The van der Waals surface area contributed by atoms with Crippen LogP contribution in [0.2, 0.25) is 0 Å². The zero-order valence-corrected chi connectivity index (χ0v) is 8.80. The highest BCUT2D eigenvalue weighted by Gasteiger charge is 2.33. The Morgan fingerprint density at radius 1 is 1.35 bits per heavy atom. The topological polar surface area (TPSA) is 35.8 Å². The van der Waals surface area contributed by atoms with Crippen molar-refractivity contribution < 1.29 is 13.2 Å². The lowest BCUT2D eigenvalue weighted by atomic mass is 10.1. The summed E-state index contributed by atoms with van der Waals surface area (Å²) in [5.41, 5.74) is -1.03. The van der Waals surface area contributed by atoms with Crippen LogP contribution in [0.25, 0.3) is 0 Å². The molecule has 0 unspecified atom stereocenters. The highest BCUT2D eigenvalue weighted by molar-refractivity contribution is 5.53. The summed E-state index contributed by atoms with van der Waals surface area (Å²) in [5.74, 6) is 2.37. The van der Waals surface area contributed by atoms with Crippen molar-refractivity contribution in [2.45, 2.75) is 12.6 Å². The van der Waals surface area contributed by atoms with Crippen LogP contribution in [0.3, 0.4) is 0 Å². The summed E-state index contributed by atoms with van der Waals surface area (Å²) in [6.45, 7) is 0.389. The zero-order valence-electron chi connectivity index (χ0n) is 8.80. The van der Waals surface area contributed by atoms with E-state index in [2.05, 4.69) is 11.2 Å². The lowest BCUT2D eigenvalue weighted by molar-refractivity contribution is -0.137. The van der Waals surface area contributed by atoms with Crippen LogP contribution in [-0.4, -0.2) is 6.54 Å². The third-order valence-corrected chi connectivity index (χ3v) is 2.04. The normalized spacial score (nSPS) is 10.4. The first-order valence-electron chi connectivity index (χ1n) is 4.77. The van der Waals surface area contributed by atoms with E-state index in [1.54, 1.807) is 0 Å². The maximum Gasteiger partial charge on any atom is 0.417 e. The molecule has 0 aliphatic carbocycles. The Balaban J connectivity index is 2.99. The van der Waals surface area contributed by atoms with E-state index in [4.69, 9.17) is 11.7 Å². The fraction of sp³-hybridized carbons (Fsp3) is 0.250. The van der Waals surface area contributed by atoms with Gasteiger partial charge in [-0.15, -0.1) is 12.3 Å². The number of hydrogen-bond acceptors (Lipinski definition) is 2. The number of nitriles is 1. The number of halogens is 3. The molecule has 5 heteroatoms. The van der Waals surface area contributed by atoms with Crippen molar-refractivity contribution in [2.24, 2.45) is 0 Å². The first kappa shape index (κ1) is 12.9. The van der Waals surface area contributed by atoms with Crippen LogP contribution in [0, 0.1) is 23.7 Å². The van der Waals surface area contributed by atoms with Gasteiger partial charge in [0.1, 0.15) is 0 Å². The third kappa shape index (κ3) is 3.42. The van der Waals surface area contributed by atoms with Crippen LogP contribution in [0.5, 0.6) is 0 Å². The first-order valence-corrected chi connectivity index (χ1v) is 4.77. The van der Waals surface area contributed by atoms with Crippen LogP contribution < -0.4 is 5.32 Å². The Morgan fingerprint density at radius 3 is 2.59 bits per heavy atom. The average molecular weight is 238 g/mol. The van der Waals surface area contributed by atoms with Gasteiger partial charge in [0.2, 0.25) is 0 Å². The molecule has 0 amide bonds. The number of nitrogens with one attached hydrogen (secondary N) is 1. The molecule has 0 heterocycles. The zero-order chi connectivity index (χ0) is 12.9. The molecule has 0 fully saturated rings. The third-order valence-electron chi connectivity index (χ3n) is 2.04. The molecule has 2 nitrogen and oxygen atoms in total. The minimum Gasteiger partial charge on any atom is -0.384 e. The summed E-state index contributed by atoms with van der Waals surface area (Å²) in [6, 6.07) is 4.99. The molecule has 17 heavy (non-hydrogen) atoms. The van der Waals surface area contributed by atoms with Gasteiger partial charge in [0.05, 0.1) is 17.2 Å². The van der Waals surface area contributed by atoms with Crippen molar-refractivity contribution in [3.8, 4) is 18.4 Å². The van der Waals surface area contributed by atoms with E-state index in [0.29, 0.717) is 18.7 Å². The number of hydrogen-bond donors (Lipinski definition) is 1. The van der Waals surface area contributed by atoms with Crippen molar-refractivity contribution in [3.05, 3.63) is 29.3 Å². The van der Waals surface area contributed by atoms with E-state index in [9.17, 15) is 13.2 Å². The van der Waals surface area contributed by atoms with Gasteiger partial charge in [-0.1, -0.05) is 0 Å². The van der Waals surface area contributed by atoms with Crippen molar-refractivity contribution in [2.75, 3.05) is 11.9 Å². The minimum absolute atomic E-state index is 0.298. The van der Waals surface area contributed by atoms with E-state index in [-0.39, 0.29) is 5.56 Å². The second-order valence-electron chi connectivity index (χ2n) is 3.25. The fourth-order valence-corrected chi connectivity index (χ4v) is 1.27. The highest BCUT2D eigenvalue weighted by Crippen LogP contribution is 2.33. The van der Waals surface area contributed by atoms with Gasteiger partial charge in [-0.05, 0) is 18.2 Å². The number of alkyl halides is 3. The standard InChI is InChI=1S/C12H9F3N2/c1-2-3-6-17-10-5-4-9(8-16)11(7-10)12(13,14)15/h1,4-5,7,17H,3,6H2. The van der Waals surface area contributed by atoms with Crippen molar-refractivity contribution in [1.29, 1.82) is 5.26 Å². The molecule has 88 valence electrons. The molecule has 1 rings (SSSR count). The summed E-state index contributed by atoms with van der Waals surface area (Å²) < 4.78 is 37.8. The molecule has 0 saturated carbocycles. The van der Waals surface area contributed by atoms with Gasteiger partial charge in [-0.2, -0.15) is 18.4 Å². The van der Waals surface area contributed by atoms with Gasteiger partial charge in [-0.3, -0.25) is 0 Å². The van der Waals surface area contributed by atoms with Gasteiger partial charge in [0.15, 0.2) is 0 Å². The molecule has 1 aromatic rings. The number of anilines is 1. The SMILES string of the molecule is C#CCCNc1ccc(C#N)c(C(F)(F)F)c1. The Labute approximate surface area is 97.1 Å². The Morgan fingerprint density at radius 2 is 2.06 bits per heavy atom. The van der Waals surface area contributed by atoms with Crippen LogP contribution in [-0.2, 0) is 6.18 Å². The lowest BCUT2D eigenvalue weighted by Gasteiger charge is -2.11. The Bertz CT molecular complexity index is 478. The summed E-state index contributed by atoms with van der Waals surface area (Å²) in [5, 5.41) is 11.3. The predicted molar refractivity (Wildman–Crippen MR) is 58.1 cm³/mol. The summed E-state index contributed by atoms with van der Waals surface area (Å²) in [7, 11) is 0. The number of nitrogens with zero attached hydrogens (tertiary/aromatic N) is 1. The second kappa shape index (κ2) is 5.27. The molecule has 0 bridgehead atoms. The molecule has 0 radical (unpaired) electrons. The maximum absolute atomic E-state index is 12.6. The molecule has 0 aliphatic rings. The summed E-state index contributed by atoms with van der Waals surface area (Å²) in [6.07, 6.45) is 0.910. The fourth-order valence-electron chi connectivity index (χ4n) is 1.27. The largest absolute Gasteiger partial charge is 0.417 e. The Kier molecular flexibility index (Phi) is 4.01.